The van der Waals surface area contributed by atoms with Crippen molar-refractivity contribution in [1.29, 1.82) is 0 Å². The fourth-order valence-corrected chi connectivity index (χ4v) is 4.19. The van der Waals surface area contributed by atoms with Gasteiger partial charge < -0.3 is 0 Å². The molecule has 0 aliphatic rings. The van der Waals surface area contributed by atoms with Gasteiger partial charge in [-0.15, -0.1) is 5.10 Å². The number of rotatable bonds is 9. The van der Waals surface area contributed by atoms with E-state index in [4.69, 9.17) is 0 Å². The van der Waals surface area contributed by atoms with Crippen LogP contribution in [0.15, 0.2) is 53.6 Å². The fraction of sp³-hybridized carbons (Fsp3) is 0.333. The topological polar surface area (TPSA) is 138 Å². The minimum absolute atomic E-state index is 0.188. The SMILES string of the molecule is CCCc1cn(-c2nnnn2CC(C)C)c(=O)n1Cc1ccc(-c2ccccc2-c2nnn[nH]2)cn1. The number of hydrogen-bond donors (Lipinski definition) is 1. The fourth-order valence-electron chi connectivity index (χ4n) is 4.19. The molecule has 4 heterocycles. The second kappa shape index (κ2) is 10.0. The van der Waals surface area contributed by atoms with Crippen LogP contribution in [0.5, 0.6) is 0 Å². The zero-order chi connectivity index (χ0) is 25.1. The molecule has 0 saturated carbocycles. The van der Waals surface area contributed by atoms with Crippen LogP contribution in [0.25, 0.3) is 28.5 Å². The number of aromatic nitrogens is 11. The van der Waals surface area contributed by atoms with Gasteiger partial charge >= 0.3 is 5.69 Å². The smallest absolute Gasteiger partial charge is 0.290 e. The number of imidazole rings is 1. The highest BCUT2D eigenvalue weighted by atomic mass is 16.2. The first kappa shape index (κ1) is 23.3. The monoisotopic (exact) mass is 485 g/mol. The number of tetrazole rings is 2. The summed E-state index contributed by atoms with van der Waals surface area (Å²) in [5, 5.41) is 26.2. The predicted octanol–water partition coefficient (Wildman–Crippen LogP) is 2.52. The van der Waals surface area contributed by atoms with Gasteiger partial charge in [-0.25, -0.2) is 19.1 Å². The minimum atomic E-state index is -0.188. The van der Waals surface area contributed by atoms with Crippen molar-refractivity contribution in [1.82, 2.24) is 54.9 Å². The Morgan fingerprint density at radius 3 is 2.56 bits per heavy atom. The molecule has 0 fully saturated rings. The Morgan fingerprint density at radius 1 is 1.03 bits per heavy atom. The van der Waals surface area contributed by atoms with Crippen molar-refractivity contribution in [3.05, 3.63) is 70.7 Å². The van der Waals surface area contributed by atoms with Crippen LogP contribution in [0.4, 0.5) is 0 Å². The quantitative estimate of drug-likeness (QED) is 0.336. The molecule has 0 saturated heterocycles. The summed E-state index contributed by atoms with van der Waals surface area (Å²) in [5.41, 5.74) is 4.27. The van der Waals surface area contributed by atoms with Gasteiger partial charge in [0.05, 0.1) is 12.2 Å². The van der Waals surface area contributed by atoms with E-state index in [9.17, 15) is 4.79 Å². The molecule has 1 aromatic carbocycles. The molecule has 0 aliphatic heterocycles. The van der Waals surface area contributed by atoms with Crippen LogP contribution in [0.3, 0.4) is 0 Å². The Bertz CT molecular complexity index is 1490. The number of hydrogen-bond acceptors (Lipinski definition) is 8. The summed E-state index contributed by atoms with van der Waals surface area (Å²) in [5.74, 6) is 1.35. The second-order valence-electron chi connectivity index (χ2n) is 9.00. The zero-order valence-corrected chi connectivity index (χ0v) is 20.4. The normalized spacial score (nSPS) is 11.4. The highest BCUT2D eigenvalue weighted by molar-refractivity contribution is 5.79. The Hall–Kier alpha value is -4.48. The van der Waals surface area contributed by atoms with Gasteiger partial charge in [0, 0.05) is 35.8 Å². The van der Waals surface area contributed by atoms with Gasteiger partial charge in [-0.05, 0) is 44.8 Å². The van der Waals surface area contributed by atoms with E-state index < -0.39 is 0 Å². The summed E-state index contributed by atoms with van der Waals surface area (Å²) in [6.45, 7) is 7.22. The highest BCUT2D eigenvalue weighted by Gasteiger charge is 2.18. The lowest BCUT2D eigenvalue weighted by atomic mass is 10.0. The van der Waals surface area contributed by atoms with Crippen molar-refractivity contribution in [3.8, 4) is 28.5 Å². The van der Waals surface area contributed by atoms with E-state index >= 15 is 0 Å². The Kier molecular flexibility index (Phi) is 6.48. The average Bonchev–Trinajstić information content (AvgIpc) is 3.63. The number of pyridine rings is 1. The minimum Gasteiger partial charge on any atom is -0.290 e. The van der Waals surface area contributed by atoms with Gasteiger partial charge in [0.15, 0.2) is 5.82 Å². The lowest BCUT2D eigenvalue weighted by Crippen LogP contribution is -2.27. The Morgan fingerprint density at radius 2 is 1.86 bits per heavy atom. The number of aromatic amines is 1. The molecule has 5 aromatic rings. The molecule has 5 rings (SSSR count). The molecule has 0 unspecified atom stereocenters. The Labute approximate surface area is 207 Å². The van der Waals surface area contributed by atoms with Crippen LogP contribution in [-0.4, -0.2) is 54.9 Å². The third kappa shape index (κ3) is 4.57. The maximum absolute atomic E-state index is 13.4. The molecule has 4 aromatic heterocycles. The molecule has 0 atom stereocenters. The molecule has 12 heteroatoms. The van der Waals surface area contributed by atoms with E-state index in [1.165, 1.54) is 4.57 Å². The highest BCUT2D eigenvalue weighted by Crippen LogP contribution is 2.29. The first-order chi connectivity index (χ1) is 17.5. The van der Waals surface area contributed by atoms with Gasteiger partial charge in [-0.1, -0.05) is 62.6 Å². The van der Waals surface area contributed by atoms with E-state index in [0.29, 0.717) is 30.8 Å². The average molecular weight is 486 g/mol. The van der Waals surface area contributed by atoms with Crippen LogP contribution >= 0.6 is 0 Å². The molecule has 0 aliphatic carbocycles. The lowest BCUT2D eigenvalue weighted by molar-refractivity contribution is 0.465. The van der Waals surface area contributed by atoms with E-state index in [1.807, 2.05) is 48.8 Å². The van der Waals surface area contributed by atoms with Gasteiger partial charge in [0.1, 0.15) is 0 Å². The van der Waals surface area contributed by atoms with Crippen LogP contribution in [0.2, 0.25) is 0 Å². The zero-order valence-electron chi connectivity index (χ0n) is 20.4. The molecular formula is C24H27N11O. The van der Waals surface area contributed by atoms with Crippen molar-refractivity contribution in [2.24, 2.45) is 5.92 Å². The largest absolute Gasteiger partial charge is 0.335 e. The number of nitrogens with one attached hydrogen (secondary N) is 1. The summed E-state index contributed by atoms with van der Waals surface area (Å²) in [7, 11) is 0. The van der Waals surface area contributed by atoms with Gasteiger partial charge in [-0.3, -0.25) is 9.55 Å². The number of H-pyrrole nitrogens is 1. The molecule has 36 heavy (non-hydrogen) atoms. The first-order valence-electron chi connectivity index (χ1n) is 11.9. The van der Waals surface area contributed by atoms with E-state index in [0.717, 1.165) is 40.9 Å². The number of nitrogens with zero attached hydrogens (tertiary/aromatic N) is 10. The summed E-state index contributed by atoms with van der Waals surface area (Å²) in [4.78, 5) is 18.1. The third-order valence-corrected chi connectivity index (χ3v) is 5.82. The van der Waals surface area contributed by atoms with Gasteiger partial charge in [0.2, 0.25) is 0 Å². The van der Waals surface area contributed by atoms with E-state index in [2.05, 4.69) is 61.9 Å². The molecule has 1 N–H and O–H groups in total. The standard InChI is InChI=1S/C24H27N11O/c1-4-7-19-15-34(23-28-31-32-35(23)13-16(2)3)24(36)33(19)14-18-11-10-17(12-25-18)20-8-5-6-9-21(20)22-26-29-30-27-22/h5-6,8-12,15-16H,4,7,13-14H2,1-3H3,(H,26,27,29,30). The predicted molar refractivity (Wildman–Crippen MR) is 132 cm³/mol. The van der Waals surface area contributed by atoms with Crippen LogP contribution < -0.4 is 5.69 Å². The maximum atomic E-state index is 13.4. The number of benzene rings is 1. The van der Waals surface area contributed by atoms with Crippen molar-refractivity contribution >= 4 is 0 Å². The summed E-state index contributed by atoms with van der Waals surface area (Å²) >= 11 is 0. The lowest BCUT2D eigenvalue weighted by Gasteiger charge is -2.09. The van der Waals surface area contributed by atoms with Crippen molar-refractivity contribution < 1.29 is 0 Å². The van der Waals surface area contributed by atoms with Gasteiger partial charge in [-0.2, -0.15) is 0 Å². The van der Waals surface area contributed by atoms with Crippen LogP contribution in [0, 0.1) is 5.92 Å². The molecule has 0 spiro atoms. The summed E-state index contributed by atoms with van der Waals surface area (Å²) < 4.78 is 4.94. The summed E-state index contributed by atoms with van der Waals surface area (Å²) in [6, 6.07) is 11.8. The molecular weight excluding hydrogens is 458 g/mol. The van der Waals surface area contributed by atoms with Gasteiger partial charge in [0.25, 0.3) is 5.95 Å². The Balaban J connectivity index is 1.46. The molecule has 0 amide bonds. The molecule has 184 valence electrons. The van der Waals surface area contributed by atoms with Crippen molar-refractivity contribution in [2.75, 3.05) is 0 Å². The molecule has 0 radical (unpaired) electrons. The van der Waals surface area contributed by atoms with Crippen LogP contribution in [0.1, 0.15) is 38.6 Å². The van der Waals surface area contributed by atoms with E-state index in [-0.39, 0.29) is 5.69 Å². The second-order valence-corrected chi connectivity index (χ2v) is 9.00. The van der Waals surface area contributed by atoms with Crippen LogP contribution in [-0.2, 0) is 19.5 Å². The molecule has 12 nitrogen and oxygen atoms in total. The van der Waals surface area contributed by atoms with E-state index in [1.54, 1.807) is 9.25 Å². The third-order valence-electron chi connectivity index (χ3n) is 5.82. The van der Waals surface area contributed by atoms with Crippen molar-refractivity contribution in [3.63, 3.8) is 0 Å². The summed E-state index contributed by atoms with van der Waals surface area (Å²) in [6.07, 6.45) is 5.30. The first-order valence-corrected chi connectivity index (χ1v) is 11.9. The number of aryl methyl sites for hydroxylation is 1. The van der Waals surface area contributed by atoms with Crippen molar-refractivity contribution in [2.45, 2.75) is 46.7 Å². The molecule has 0 bridgehead atoms. The maximum Gasteiger partial charge on any atom is 0.335 e.